The van der Waals surface area contributed by atoms with Gasteiger partial charge in [0, 0.05) is 0 Å². The Kier molecular flexibility index (Phi) is 2.85. The van der Waals surface area contributed by atoms with E-state index in [1.165, 1.54) is 13.0 Å². The first-order valence-electron chi connectivity index (χ1n) is 2.10. The Morgan fingerprint density at radius 2 is 2.00 bits per heavy atom. The van der Waals surface area contributed by atoms with E-state index in [9.17, 15) is 13.2 Å². The van der Waals surface area contributed by atoms with Crippen LogP contribution in [0.1, 0.15) is 6.92 Å². The standard InChI is InChI=1S/C4H4F3NS/c1-3(2-8)9-4(5,6)7/h3H,1H3. The summed E-state index contributed by atoms with van der Waals surface area (Å²) in [7, 11) is 0. The predicted molar refractivity (Wildman–Crippen MR) is 28.7 cm³/mol. The second kappa shape index (κ2) is 2.97. The quantitative estimate of drug-likeness (QED) is 0.579. The fraction of sp³-hybridized carbons (Fsp3) is 0.750. The monoisotopic (exact) mass is 155 g/mol. The minimum absolute atomic E-state index is 0.304. The molecule has 5 heteroatoms. The number of hydrogen-bond acceptors (Lipinski definition) is 2. The molecule has 0 bridgehead atoms. The van der Waals surface area contributed by atoms with E-state index in [2.05, 4.69) is 0 Å². The fourth-order valence-corrected chi connectivity index (χ4v) is 0.680. The van der Waals surface area contributed by atoms with Crippen LogP contribution in [0.3, 0.4) is 0 Å². The maximum atomic E-state index is 11.3. The van der Waals surface area contributed by atoms with Gasteiger partial charge in [-0.2, -0.15) is 18.4 Å². The molecule has 0 saturated carbocycles. The van der Waals surface area contributed by atoms with Crippen molar-refractivity contribution in [2.45, 2.75) is 17.7 Å². The van der Waals surface area contributed by atoms with Crippen LogP contribution in [0.25, 0.3) is 0 Å². The lowest BCUT2D eigenvalue weighted by Gasteiger charge is -2.04. The Morgan fingerprint density at radius 3 is 2.11 bits per heavy atom. The van der Waals surface area contributed by atoms with Gasteiger partial charge in [0.05, 0.1) is 11.3 Å². The summed E-state index contributed by atoms with van der Waals surface area (Å²) >= 11 is -0.304. The molecular weight excluding hydrogens is 151 g/mol. The minimum Gasteiger partial charge on any atom is -0.197 e. The minimum atomic E-state index is -4.28. The molecule has 0 saturated heterocycles. The van der Waals surface area contributed by atoms with Gasteiger partial charge in [-0.25, -0.2) is 0 Å². The van der Waals surface area contributed by atoms with Crippen LogP contribution in [-0.4, -0.2) is 10.8 Å². The maximum absolute atomic E-state index is 11.3. The molecule has 1 atom stereocenters. The molecule has 0 aromatic heterocycles. The topological polar surface area (TPSA) is 23.8 Å². The molecule has 0 amide bonds. The summed E-state index contributed by atoms with van der Waals surface area (Å²) in [4.78, 5) is 0. The Balaban J connectivity index is 3.63. The van der Waals surface area contributed by atoms with E-state index in [0.717, 1.165) is 0 Å². The first-order chi connectivity index (χ1) is 3.95. The van der Waals surface area contributed by atoms with E-state index < -0.39 is 10.8 Å². The van der Waals surface area contributed by atoms with Crippen LogP contribution >= 0.6 is 11.8 Å². The van der Waals surface area contributed by atoms with Gasteiger partial charge in [-0.1, -0.05) is 0 Å². The van der Waals surface area contributed by atoms with Crippen LogP contribution in [-0.2, 0) is 0 Å². The van der Waals surface area contributed by atoms with Crippen molar-refractivity contribution in [3.8, 4) is 6.07 Å². The van der Waals surface area contributed by atoms with Crippen molar-refractivity contribution in [1.29, 1.82) is 5.26 Å². The van der Waals surface area contributed by atoms with Crippen LogP contribution in [0.4, 0.5) is 13.2 Å². The van der Waals surface area contributed by atoms with Crippen LogP contribution in [0.15, 0.2) is 0 Å². The highest BCUT2D eigenvalue weighted by atomic mass is 32.2. The summed E-state index contributed by atoms with van der Waals surface area (Å²) in [5, 5.41) is 6.92. The van der Waals surface area contributed by atoms with Gasteiger partial charge in [0.25, 0.3) is 0 Å². The zero-order valence-electron chi connectivity index (χ0n) is 4.57. The second-order valence-corrected chi connectivity index (χ2v) is 2.74. The Labute approximate surface area is 54.8 Å². The second-order valence-electron chi connectivity index (χ2n) is 1.33. The van der Waals surface area contributed by atoms with Crippen LogP contribution in [0.2, 0.25) is 0 Å². The van der Waals surface area contributed by atoms with Gasteiger partial charge < -0.3 is 0 Å². The Bertz CT molecular complexity index is 125. The summed E-state index contributed by atoms with van der Waals surface area (Å²) in [5.41, 5.74) is -4.28. The Hall–Kier alpha value is -0.370. The number of rotatable bonds is 1. The highest BCUT2D eigenvalue weighted by Crippen LogP contribution is 2.33. The van der Waals surface area contributed by atoms with Gasteiger partial charge in [0.2, 0.25) is 0 Å². The van der Waals surface area contributed by atoms with Crippen LogP contribution in [0, 0.1) is 11.3 Å². The first-order valence-corrected chi connectivity index (χ1v) is 2.98. The fourth-order valence-electron chi connectivity index (χ4n) is 0.227. The molecule has 0 N–H and O–H groups in total. The average molecular weight is 155 g/mol. The summed E-state index contributed by atoms with van der Waals surface area (Å²) in [5.74, 6) is 0. The molecule has 0 rings (SSSR count). The van der Waals surface area contributed by atoms with Gasteiger partial charge in [0.1, 0.15) is 0 Å². The van der Waals surface area contributed by atoms with Crippen molar-refractivity contribution in [3.05, 3.63) is 0 Å². The third-order valence-corrected chi connectivity index (χ3v) is 1.22. The van der Waals surface area contributed by atoms with Gasteiger partial charge >= 0.3 is 5.51 Å². The molecule has 0 spiro atoms. The van der Waals surface area contributed by atoms with E-state index >= 15 is 0 Å². The molecule has 0 aliphatic rings. The highest BCUT2D eigenvalue weighted by Gasteiger charge is 2.30. The lowest BCUT2D eigenvalue weighted by molar-refractivity contribution is -0.0330. The highest BCUT2D eigenvalue weighted by molar-refractivity contribution is 8.00. The number of halogens is 3. The van der Waals surface area contributed by atoms with E-state index in [0.29, 0.717) is 0 Å². The molecule has 1 unspecified atom stereocenters. The molecule has 9 heavy (non-hydrogen) atoms. The van der Waals surface area contributed by atoms with Crippen molar-refractivity contribution in [3.63, 3.8) is 0 Å². The van der Waals surface area contributed by atoms with E-state index in [4.69, 9.17) is 5.26 Å². The van der Waals surface area contributed by atoms with Crippen molar-refractivity contribution < 1.29 is 13.2 Å². The number of hydrogen-bond donors (Lipinski definition) is 0. The molecule has 0 aromatic carbocycles. The Morgan fingerprint density at radius 1 is 1.56 bits per heavy atom. The summed E-state index contributed by atoms with van der Waals surface area (Å²) in [6, 6.07) is 1.46. The number of nitrogens with zero attached hydrogens (tertiary/aromatic N) is 1. The van der Waals surface area contributed by atoms with Crippen LogP contribution in [0.5, 0.6) is 0 Å². The molecule has 0 aliphatic carbocycles. The predicted octanol–water partition coefficient (Wildman–Crippen LogP) is 2.15. The largest absolute Gasteiger partial charge is 0.443 e. The number of alkyl halides is 3. The van der Waals surface area contributed by atoms with Crippen molar-refractivity contribution in [2.24, 2.45) is 0 Å². The van der Waals surface area contributed by atoms with E-state index in [-0.39, 0.29) is 11.8 Å². The maximum Gasteiger partial charge on any atom is 0.443 e. The van der Waals surface area contributed by atoms with Crippen molar-refractivity contribution in [1.82, 2.24) is 0 Å². The zero-order chi connectivity index (χ0) is 7.49. The molecule has 0 radical (unpaired) electrons. The lowest BCUT2D eigenvalue weighted by atomic mass is 10.5. The average Bonchev–Trinajstić information content (AvgIpc) is 1.62. The van der Waals surface area contributed by atoms with Crippen molar-refractivity contribution >= 4 is 11.8 Å². The molecule has 0 aromatic rings. The van der Waals surface area contributed by atoms with Gasteiger partial charge in [-0.15, -0.1) is 0 Å². The van der Waals surface area contributed by atoms with Crippen LogP contribution < -0.4 is 0 Å². The lowest BCUT2D eigenvalue weighted by Crippen LogP contribution is -2.06. The molecule has 0 aliphatic heterocycles. The first kappa shape index (κ1) is 8.63. The third kappa shape index (κ3) is 5.50. The normalized spacial score (nSPS) is 14.6. The smallest absolute Gasteiger partial charge is 0.197 e. The number of nitriles is 1. The summed E-state index contributed by atoms with van der Waals surface area (Å²) < 4.78 is 33.9. The molecule has 52 valence electrons. The zero-order valence-corrected chi connectivity index (χ0v) is 5.38. The molecule has 1 nitrogen and oxygen atoms in total. The summed E-state index contributed by atoms with van der Waals surface area (Å²) in [6.07, 6.45) is 0. The van der Waals surface area contributed by atoms with E-state index in [1.54, 1.807) is 0 Å². The van der Waals surface area contributed by atoms with Gasteiger partial charge in [-0.05, 0) is 18.7 Å². The number of thioether (sulfide) groups is 1. The molecule has 0 fully saturated rings. The summed E-state index contributed by atoms with van der Waals surface area (Å²) in [6.45, 7) is 1.21. The molecular formula is C4H4F3NS. The SMILES string of the molecule is CC(C#N)SC(F)(F)F. The van der Waals surface area contributed by atoms with Gasteiger partial charge in [-0.3, -0.25) is 0 Å². The third-order valence-electron chi connectivity index (χ3n) is 0.492. The van der Waals surface area contributed by atoms with E-state index in [1.807, 2.05) is 0 Å². The molecule has 0 heterocycles. The van der Waals surface area contributed by atoms with Gasteiger partial charge in [0.15, 0.2) is 0 Å². The van der Waals surface area contributed by atoms with Crippen molar-refractivity contribution in [2.75, 3.05) is 0 Å².